The predicted octanol–water partition coefficient (Wildman–Crippen LogP) is 4.76. The van der Waals surface area contributed by atoms with E-state index in [-0.39, 0.29) is 23.4 Å². The Morgan fingerprint density at radius 1 is 0.912 bits per heavy atom. The minimum atomic E-state index is -0.392. The lowest BCUT2D eigenvalue weighted by molar-refractivity contribution is -0.125. The SMILES string of the molecule is CC(C)(C)c1ccc(NC(=O)N2CCC[C@H]2C(=O)NC2CCN(Cc3ccccc3)CC2)cc1. The van der Waals surface area contributed by atoms with Gasteiger partial charge in [0.05, 0.1) is 0 Å². The molecule has 34 heavy (non-hydrogen) atoms. The van der Waals surface area contributed by atoms with Gasteiger partial charge in [0.15, 0.2) is 0 Å². The van der Waals surface area contributed by atoms with E-state index < -0.39 is 6.04 Å². The van der Waals surface area contributed by atoms with E-state index in [1.165, 1.54) is 11.1 Å². The molecule has 0 unspecified atom stereocenters. The molecule has 6 nitrogen and oxygen atoms in total. The van der Waals surface area contributed by atoms with Crippen molar-refractivity contribution >= 4 is 17.6 Å². The van der Waals surface area contributed by atoms with Gasteiger partial charge in [-0.25, -0.2) is 4.79 Å². The van der Waals surface area contributed by atoms with Crippen molar-refractivity contribution in [2.75, 3.05) is 25.0 Å². The highest BCUT2D eigenvalue weighted by molar-refractivity contribution is 5.94. The van der Waals surface area contributed by atoms with Gasteiger partial charge in [-0.2, -0.15) is 0 Å². The smallest absolute Gasteiger partial charge is 0.322 e. The predicted molar refractivity (Wildman–Crippen MR) is 137 cm³/mol. The summed E-state index contributed by atoms with van der Waals surface area (Å²) in [6.45, 7) is 10.0. The van der Waals surface area contributed by atoms with Gasteiger partial charge in [-0.1, -0.05) is 63.2 Å². The van der Waals surface area contributed by atoms with Gasteiger partial charge in [-0.3, -0.25) is 9.69 Å². The van der Waals surface area contributed by atoms with Crippen LogP contribution in [0.15, 0.2) is 54.6 Å². The minimum Gasteiger partial charge on any atom is -0.351 e. The van der Waals surface area contributed by atoms with Gasteiger partial charge in [-0.15, -0.1) is 0 Å². The number of rotatable bonds is 5. The summed E-state index contributed by atoms with van der Waals surface area (Å²) in [5, 5.41) is 6.21. The van der Waals surface area contributed by atoms with Crippen molar-refractivity contribution in [2.24, 2.45) is 0 Å². The first-order valence-electron chi connectivity index (χ1n) is 12.5. The molecule has 2 aromatic rings. The summed E-state index contributed by atoms with van der Waals surface area (Å²) in [7, 11) is 0. The molecular formula is C28H38N4O2. The van der Waals surface area contributed by atoms with E-state index in [0.717, 1.165) is 51.0 Å². The maximum Gasteiger partial charge on any atom is 0.322 e. The Bertz CT molecular complexity index is 960. The number of carbonyl (C=O) groups is 2. The molecule has 2 N–H and O–H groups in total. The third-order valence-electron chi connectivity index (χ3n) is 7.00. The molecule has 2 aliphatic rings. The largest absolute Gasteiger partial charge is 0.351 e. The van der Waals surface area contributed by atoms with Crippen molar-refractivity contribution in [1.29, 1.82) is 0 Å². The van der Waals surface area contributed by atoms with Crippen LogP contribution >= 0.6 is 0 Å². The molecule has 0 radical (unpaired) electrons. The van der Waals surface area contributed by atoms with Crippen LogP contribution in [0.25, 0.3) is 0 Å². The zero-order valence-corrected chi connectivity index (χ0v) is 20.7. The third-order valence-corrected chi connectivity index (χ3v) is 7.00. The van der Waals surface area contributed by atoms with E-state index in [1.54, 1.807) is 4.90 Å². The zero-order chi connectivity index (χ0) is 24.1. The van der Waals surface area contributed by atoms with E-state index in [9.17, 15) is 9.59 Å². The Labute approximate surface area is 203 Å². The van der Waals surface area contributed by atoms with Gasteiger partial charge < -0.3 is 15.5 Å². The van der Waals surface area contributed by atoms with Crippen LogP contribution in [0.5, 0.6) is 0 Å². The normalized spacial score (nSPS) is 19.7. The fourth-order valence-electron chi connectivity index (χ4n) is 4.91. The van der Waals surface area contributed by atoms with Crippen molar-refractivity contribution < 1.29 is 9.59 Å². The van der Waals surface area contributed by atoms with Crippen molar-refractivity contribution in [3.05, 3.63) is 65.7 Å². The number of benzene rings is 2. The van der Waals surface area contributed by atoms with Crippen molar-refractivity contribution in [1.82, 2.24) is 15.1 Å². The van der Waals surface area contributed by atoms with E-state index in [4.69, 9.17) is 0 Å². The molecule has 1 atom stereocenters. The Hall–Kier alpha value is -2.86. The van der Waals surface area contributed by atoms with E-state index >= 15 is 0 Å². The summed E-state index contributed by atoms with van der Waals surface area (Å²) in [5.74, 6) is -0.0164. The molecule has 2 heterocycles. The van der Waals surface area contributed by atoms with E-state index in [1.807, 2.05) is 30.3 Å². The van der Waals surface area contributed by atoms with Crippen LogP contribution in [-0.4, -0.2) is 53.5 Å². The molecule has 2 saturated heterocycles. The lowest BCUT2D eigenvalue weighted by Gasteiger charge is -2.33. The summed E-state index contributed by atoms with van der Waals surface area (Å²) in [5.41, 5.74) is 3.37. The topological polar surface area (TPSA) is 64.7 Å². The number of anilines is 1. The second-order valence-corrected chi connectivity index (χ2v) is 10.7. The zero-order valence-electron chi connectivity index (χ0n) is 20.7. The Kier molecular flexibility index (Phi) is 7.57. The molecule has 2 aliphatic heterocycles. The van der Waals surface area contributed by atoms with Gasteiger partial charge >= 0.3 is 6.03 Å². The average molecular weight is 463 g/mol. The molecule has 0 aliphatic carbocycles. The maximum atomic E-state index is 13.1. The molecule has 0 aromatic heterocycles. The van der Waals surface area contributed by atoms with Crippen LogP contribution in [0.3, 0.4) is 0 Å². The number of urea groups is 1. The summed E-state index contributed by atoms with van der Waals surface area (Å²) in [6.07, 6.45) is 3.45. The van der Waals surface area contributed by atoms with Crippen LogP contribution in [0, 0.1) is 0 Å². The minimum absolute atomic E-state index is 0.0164. The maximum absolute atomic E-state index is 13.1. The first-order chi connectivity index (χ1) is 16.3. The third kappa shape index (κ3) is 6.17. The molecule has 0 saturated carbocycles. The summed E-state index contributed by atoms with van der Waals surface area (Å²) in [4.78, 5) is 30.1. The number of piperidine rings is 1. The fraction of sp³-hybridized carbons (Fsp3) is 0.500. The summed E-state index contributed by atoms with van der Waals surface area (Å²) in [6, 6.07) is 18.1. The molecular weight excluding hydrogens is 424 g/mol. The molecule has 2 fully saturated rings. The highest BCUT2D eigenvalue weighted by Crippen LogP contribution is 2.25. The number of hydrogen-bond donors (Lipinski definition) is 2. The number of nitrogens with one attached hydrogen (secondary N) is 2. The van der Waals surface area contributed by atoms with Gasteiger partial charge in [0, 0.05) is 37.9 Å². The monoisotopic (exact) mass is 462 g/mol. The second-order valence-electron chi connectivity index (χ2n) is 10.7. The summed E-state index contributed by atoms with van der Waals surface area (Å²) >= 11 is 0. The van der Waals surface area contributed by atoms with Crippen LogP contribution in [0.2, 0.25) is 0 Å². The first-order valence-corrected chi connectivity index (χ1v) is 12.5. The highest BCUT2D eigenvalue weighted by Gasteiger charge is 2.35. The number of amides is 3. The number of carbonyl (C=O) groups excluding carboxylic acids is 2. The summed E-state index contributed by atoms with van der Waals surface area (Å²) < 4.78 is 0. The standard InChI is InChI=1S/C28H38N4O2/c1-28(2,3)22-11-13-23(14-12-22)30-27(34)32-17-7-10-25(32)26(33)29-24-15-18-31(19-16-24)20-21-8-5-4-6-9-21/h4-6,8-9,11-14,24-25H,7,10,15-20H2,1-3H3,(H,29,33)(H,30,34)/t25-/m0/s1. The van der Waals surface area contributed by atoms with Crippen molar-refractivity contribution in [3.63, 3.8) is 0 Å². The van der Waals surface area contributed by atoms with Gasteiger partial charge in [0.1, 0.15) is 6.04 Å². The quantitative estimate of drug-likeness (QED) is 0.673. The Morgan fingerprint density at radius 2 is 1.59 bits per heavy atom. The molecule has 0 spiro atoms. The van der Waals surface area contributed by atoms with Gasteiger partial charge in [0.2, 0.25) is 5.91 Å². The average Bonchev–Trinajstić information content (AvgIpc) is 3.31. The Morgan fingerprint density at radius 3 is 2.24 bits per heavy atom. The van der Waals surface area contributed by atoms with Gasteiger partial charge in [-0.05, 0) is 54.4 Å². The van der Waals surface area contributed by atoms with Crippen LogP contribution in [0.4, 0.5) is 10.5 Å². The van der Waals surface area contributed by atoms with Crippen LogP contribution < -0.4 is 10.6 Å². The highest BCUT2D eigenvalue weighted by atomic mass is 16.2. The molecule has 2 aromatic carbocycles. The molecule has 182 valence electrons. The van der Waals surface area contributed by atoms with Gasteiger partial charge in [0.25, 0.3) is 0 Å². The number of hydrogen-bond acceptors (Lipinski definition) is 3. The second kappa shape index (κ2) is 10.6. The van der Waals surface area contributed by atoms with Crippen LogP contribution in [0.1, 0.15) is 57.6 Å². The lowest BCUT2D eigenvalue weighted by Crippen LogP contribution is -2.52. The molecule has 0 bridgehead atoms. The van der Waals surface area contributed by atoms with Crippen molar-refractivity contribution in [3.8, 4) is 0 Å². The molecule has 6 heteroatoms. The number of likely N-dealkylation sites (tertiary alicyclic amines) is 2. The molecule has 3 amide bonds. The fourth-order valence-corrected chi connectivity index (χ4v) is 4.91. The number of nitrogens with zero attached hydrogens (tertiary/aromatic N) is 2. The van der Waals surface area contributed by atoms with E-state index in [2.05, 4.69) is 60.6 Å². The lowest BCUT2D eigenvalue weighted by atomic mass is 9.87. The van der Waals surface area contributed by atoms with Crippen LogP contribution in [-0.2, 0) is 16.8 Å². The van der Waals surface area contributed by atoms with Crippen molar-refractivity contribution in [2.45, 2.75) is 70.5 Å². The van der Waals surface area contributed by atoms with E-state index in [0.29, 0.717) is 6.54 Å². The molecule has 4 rings (SSSR count). The first kappa shape index (κ1) is 24.3. The Balaban J connectivity index is 1.26.